The molecule has 1 saturated heterocycles. The minimum Gasteiger partial charge on any atom is -0.467 e. The van der Waals surface area contributed by atoms with E-state index >= 15 is 0 Å². The molecule has 0 N–H and O–H groups in total. The molecule has 0 amide bonds. The lowest BCUT2D eigenvalue weighted by Crippen LogP contribution is -2.49. The molecule has 128 valence electrons. The first-order chi connectivity index (χ1) is 11.6. The highest BCUT2D eigenvalue weighted by Gasteiger charge is 2.31. The van der Waals surface area contributed by atoms with Gasteiger partial charge >= 0.3 is 5.97 Å². The third kappa shape index (κ3) is 3.49. The molecule has 1 aliphatic heterocycles. The number of nitrogens with zero attached hydrogens (tertiary/aromatic N) is 3. The van der Waals surface area contributed by atoms with Gasteiger partial charge in [-0.05, 0) is 26.0 Å². The van der Waals surface area contributed by atoms with Gasteiger partial charge in [0, 0.05) is 25.3 Å². The van der Waals surface area contributed by atoms with E-state index in [0.29, 0.717) is 13.1 Å². The standard InChI is InChI=1S/C18H23N3O3/c1-13-10-20(12-17(24-13)18(22)23-3)11-16-9-19-14(2)21(16)15-7-5-4-6-8-15/h4-9,13,17H,10-12H2,1-3H3/t13-,17-/m1/s1. The van der Waals surface area contributed by atoms with E-state index in [-0.39, 0.29) is 12.1 Å². The lowest BCUT2D eigenvalue weighted by molar-refractivity contribution is -0.166. The van der Waals surface area contributed by atoms with Crippen LogP contribution in [-0.2, 0) is 20.8 Å². The number of carbonyl (C=O) groups excluding carboxylic acids is 1. The van der Waals surface area contributed by atoms with E-state index in [2.05, 4.69) is 26.6 Å². The summed E-state index contributed by atoms with van der Waals surface area (Å²) in [6.45, 7) is 5.97. The maximum atomic E-state index is 11.8. The third-order valence-electron chi connectivity index (χ3n) is 4.21. The molecular weight excluding hydrogens is 306 g/mol. The molecule has 24 heavy (non-hydrogen) atoms. The number of esters is 1. The van der Waals surface area contributed by atoms with Crippen LogP contribution >= 0.6 is 0 Å². The Morgan fingerprint density at radius 3 is 2.79 bits per heavy atom. The highest BCUT2D eigenvalue weighted by molar-refractivity contribution is 5.75. The van der Waals surface area contributed by atoms with Crippen LogP contribution in [0.3, 0.4) is 0 Å². The van der Waals surface area contributed by atoms with Crippen molar-refractivity contribution in [1.82, 2.24) is 14.5 Å². The van der Waals surface area contributed by atoms with Crippen molar-refractivity contribution in [1.29, 1.82) is 0 Å². The average molecular weight is 329 g/mol. The number of ether oxygens (including phenoxy) is 2. The molecule has 0 radical (unpaired) electrons. The number of hydrogen-bond donors (Lipinski definition) is 0. The Balaban J connectivity index is 1.80. The van der Waals surface area contributed by atoms with Crippen LogP contribution in [0.25, 0.3) is 5.69 Å². The molecule has 0 aliphatic carbocycles. The van der Waals surface area contributed by atoms with Gasteiger partial charge in [0.2, 0.25) is 0 Å². The van der Waals surface area contributed by atoms with Gasteiger partial charge in [0.05, 0.1) is 25.1 Å². The Hall–Kier alpha value is -2.18. The zero-order chi connectivity index (χ0) is 17.1. The molecule has 6 nitrogen and oxygen atoms in total. The fourth-order valence-electron chi connectivity index (χ4n) is 3.19. The second-order valence-electron chi connectivity index (χ2n) is 6.12. The summed E-state index contributed by atoms with van der Waals surface area (Å²) in [5, 5.41) is 0. The van der Waals surface area contributed by atoms with E-state index in [9.17, 15) is 4.79 Å². The van der Waals surface area contributed by atoms with Gasteiger partial charge < -0.3 is 9.47 Å². The number of rotatable bonds is 4. The molecule has 1 aromatic carbocycles. The second-order valence-corrected chi connectivity index (χ2v) is 6.12. The fourth-order valence-corrected chi connectivity index (χ4v) is 3.19. The highest BCUT2D eigenvalue weighted by atomic mass is 16.6. The second kappa shape index (κ2) is 7.15. The van der Waals surface area contributed by atoms with Crippen LogP contribution in [0.4, 0.5) is 0 Å². The number of benzene rings is 1. The molecule has 1 fully saturated rings. The van der Waals surface area contributed by atoms with Gasteiger partial charge in [0.25, 0.3) is 0 Å². The van der Waals surface area contributed by atoms with Crippen LogP contribution in [0.5, 0.6) is 0 Å². The summed E-state index contributed by atoms with van der Waals surface area (Å²) in [7, 11) is 1.39. The number of aromatic nitrogens is 2. The molecule has 0 bridgehead atoms. The lowest BCUT2D eigenvalue weighted by Gasteiger charge is -2.35. The van der Waals surface area contributed by atoms with Crippen molar-refractivity contribution < 1.29 is 14.3 Å². The van der Waals surface area contributed by atoms with Gasteiger partial charge in [-0.15, -0.1) is 0 Å². The Morgan fingerprint density at radius 2 is 2.08 bits per heavy atom. The number of morpholine rings is 1. The molecule has 0 spiro atoms. The molecule has 2 aromatic rings. The smallest absolute Gasteiger partial charge is 0.336 e. The van der Waals surface area contributed by atoms with Crippen molar-refractivity contribution in [3.05, 3.63) is 48.0 Å². The zero-order valence-corrected chi connectivity index (χ0v) is 14.3. The number of carbonyl (C=O) groups is 1. The molecule has 1 aliphatic rings. The van der Waals surface area contributed by atoms with E-state index in [1.165, 1.54) is 7.11 Å². The maximum absolute atomic E-state index is 11.8. The maximum Gasteiger partial charge on any atom is 0.336 e. The highest BCUT2D eigenvalue weighted by Crippen LogP contribution is 2.19. The van der Waals surface area contributed by atoms with Crippen LogP contribution in [0.1, 0.15) is 18.4 Å². The van der Waals surface area contributed by atoms with Gasteiger partial charge in [0.1, 0.15) is 5.82 Å². The summed E-state index contributed by atoms with van der Waals surface area (Å²) >= 11 is 0. The summed E-state index contributed by atoms with van der Waals surface area (Å²) in [5.41, 5.74) is 2.18. The molecule has 1 aromatic heterocycles. The Kier molecular flexibility index (Phi) is 4.97. The quantitative estimate of drug-likeness (QED) is 0.803. The van der Waals surface area contributed by atoms with Crippen LogP contribution in [0.15, 0.2) is 36.5 Å². The Bertz CT molecular complexity index is 699. The summed E-state index contributed by atoms with van der Waals surface area (Å²) in [6.07, 6.45) is 1.35. The van der Waals surface area contributed by atoms with E-state index < -0.39 is 6.10 Å². The number of imidazole rings is 1. The monoisotopic (exact) mass is 329 g/mol. The van der Waals surface area contributed by atoms with Crippen molar-refractivity contribution in [3.63, 3.8) is 0 Å². The van der Waals surface area contributed by atoms with E-state index in [1.807, 2.05) is 38.2 Å². The van der Waals surface area contributed by atoms with Gasteiger partial charge in [-0.1, -0.05) is 18.2 Å². The fraction of sp³-hybridized carbons (Fsp3) is 0.444. The minimum absolute atomic E-state index is 0.0166. The van der Waals surface area contributed by atoms with Gasteiger partial charge in [-0.25, -0.2) is 9.78 Å². The van der Waals surface area contributed by atoms with Crippen molar-refractivity contribution in [2.45, 2.75) is 32.6 Å². The lowest BCUT2D eigenvalue weighted by atomic mass is 10.2. The van der Waals surface area contributed by atoms with Crippen molar-refractivity contribution in [3.8, 4) is 5.69 Å². The van der Waals surface area contributed by atoms with Crippen molar-refractivity contribution >= 4 is 5.97 Å². The molecule has 2 heterocycles. The summed E-state index contributed by atoms with van der Waals surface area (Å²) in [4.78, 5) is 18.5. The summed E-state index contributed by atoms with van der Waals surface area (Å²) in [5.74, 6) is 0.626. The first kappa shape index (κ1) is 16.7. The van der Waals surface area contributed by atoms with E-state index in [1.54, 1.807) is 0 Å². The first-order valence-electron chi connectivity index (χ1n) is 8.12. The minimum atomic E-state index is -0.534. The number of methoxy groups -OCH3 is 1. The SMILES string of the molecule is COC(=O)[C@H]1CN(Cc2cnc(C)n2-c2ccccc2)C[C@@H](C)O1. The normalized spacial score (nSPS) is 21.6. The number of para-hydroxylation sites is 1. The van der Waals surface area contributed by atoms with E-state index in [0.717, 1.165) is 23.8 Å². The molecule has 3 rings (SSSR count). The van der Waals surface area contributed by atoms with Gasteiger partial charge in [-0.2, -0.15) is 0 Å². The van der Waals surface area contributed by atoms with Crippen LogP contribution in [-0.4, -0.2) is 52.8 Å². The molecule has 0 unspecified atom stereocenters. The molecule has 0 saturated carbocycles. The molecule has 6 heteroatoms. The predicted octanol–water partition coefficient (Wildman–Crippen LogP) is 1.94. The number of hydrogen-bond acceptors (Lipinski definition) is 5. The van der Waals surface area contributed by atoms with Gasteiger partial charge in [-0.3, -0.25) is 9.47 Å². The van der Waals surface area contributed by atoms with Gasteiger partial charge in [0.15, 0.2) is 6.10 Å². The Morgan fingerprint density at radius 1 is 1.33 bits per heavy atom. The largest absolute Gasteiger partial charge is 0.467 e. The van der Waals surface area contributed by atoms with Crippen LogP contribution < -0.4 is 0 Å². The first-order valence-corrected chi connectivity index (χ1v) is 8.12. The van der Waals surface area contributed by atoms with Crippen LogP contribution in [0, 0.1) is 6.92 Å². The third-order valence-corrected chi connectivity index (χ3v) is 4.21. The van der Waals surface area contributed by atoms with Crippen LogP contribution in [0.2, 0.25) is 0 Å². The topological polar surface area (TPSA) is 56.6 Å². The predicted molar refractivity (Wildman–Crippen MR) is 89.9 cm³/mol. The average Bonchev–Trinajstić information content (AvgIpc) is 2.94. The summed E-state index contributed by atoms with van der Waals surface area (Å²) < 4.78 is 12.7. The molecule has 2 atom stereocenters. The zero-order valence-electron chi connectivity index (χ0n) is 14.3. The van der Waals surface area contributed by atoms with E-state index in [4.69, 9.17) is 9.47 Å². The van der Waals surface area contributed by atoms with Crippen molar-refractivity contribution in [2.75, 3.05) is 20.2 Å². The number of aryl methyl sites for hydroxylation is 1. The van der Waals surface area contributed by atoms with Crippen molar-refractivity contribution in [2.24, 2.45) is 0 Å². The summed E-state index contributed by atoms with van der Waals surface area (Å²) in [6, 6.07) is 10.2. The molecular formula is C18H23N3O3. The Labute approximate surface area is 142 Å².